The minimum Gasteiger partial charge on any atom is -0.343 e. The standard InChI is InChI=1S/C23H22FN5O/c1-14(2)29(3)23-27-19-9-8-18(13-20(19)28-23)26-22(30)16-6-4-15(5-7-16)17-10-11-25-21(24)12-17/h4-14H,1-3H3,(H,26,30)(H,27,28). The Labute approximate surface area is 173 Å². The number of rotatable bonds is 5. The number of imidazole rings is 1. The lowest BCUT2D eigenvalue weighted by atomic mass is 10.0. The predicted octanol–water partition coefficient (Wildman–Crippen LogP) is 4.86. The van der Waals surface area contributed by atoms with Gasteiger partial charge in [0.1, 0.15) is 0 Å². The summed E-state index contributed by atoms with van der Waals surface area (Å²) in [5.41, 5.74) is 4.40. The number of carbonyl (C=O) groups is 1. The number of H-pyrrole nitrogens is 1. The lowest BCUT2D eigenvalue weighted by molar-refractivity contribution is 0.102. The Hall–Kier alpha value is -3.74. The van der Waals surface area contributed by atoms with Crippen LogP contribution in [0.15, 0.2) is 60.8 Å². The maximum atomic E-state index is 13.3. The molecule has 30 heavy (non-hydrogen) atoms. The molecule has 0 aliphatic rings. The number of halogens is 1. The first kappa shape index (κ1) is 19.6. The minimum absolute atomic E-state index is 0.221. The van der Waals surface area contributed by atoms with E-state index in [2.05, 4.69) is 39.0 Å². The molecule has 0 fully saturated rings. The van der Waals surface area contributed by atoms with Crippen molar-refractivity contribution < 1.29 is 9.18 Å². The summed E-state index contributed by atoms with van der Waals surface area (Å²) in [7, 11) is 1.98. The van der Waals surface area contributed by atoms with Gasteiger partial charge < -0.3 is 15.2 Å². The third-order valence-corrected chi connectivity index (χ3v) is 5.04. The fourth-order valence-electron chi connectivity index (χ4n) is 3.08. The van der Waals surface area contributed by atoms with E-state index in [1.54, 1.807) is 30.3 Å². The van der Waals surface area contributed by atoms with Gasteiger partial charge in [-0.15, -0.1) is 0 Å². The highest BCUT2D eigenvalue weighted by molar-refractivity contribution is 6.05. The highest BCUT2D eigenvalue weighted by Crippen LogP contribution is 2.23. The van der Waals surface area contributed by atoms with Gasteiger partial charge in [-0.2, -0.15) is 4.39 Å². The number of pyridine rings is 1. The van der Waals surface area contributed by atoms with Crippen LogP contribution in [0.3, 0.4) is 0 Å². The van der Waals surface area contributed by atoms with Gasteiger partial charge in [0, 0.05) is 36.6 Å². The molecule has 4 aromatic rings. The Balaban J connectivity index is 1.51. The van der Waals surface area contributed by atoms with Crippen LogP contribution in [-0.4, -0.2) is 33.9 Å². The molecule has 0 unspecified atom stereocenters. The van der Waals surface area contributed by atoms with Crippen molar-refractivity contribution in [2.24, 2.45) is 0 Å². The van der Waals surface area contributed by atoms with E-state index in [1.807, 2.05) is 25.2 Å². The third kappa shape index (κ3) is 4.00. The second kappa shape index (κ2) is 7.94. The summed E-state index contributed by atoms with van der Waals surface area (Å²) in [5.74, 6) is 0.0266. The Morgan fingerprint density at radius 3 is 2.53 bits per heavy atom. The van der Waals surface area contributed by atoms with Gasteiger partial charge in [-0.25, -0.2) is 9.97 Å². The van der Waals surface area contributed by atoms with Gasteiger partial charge in [0.2, 0.25) is 11.9 Å². The summed E-state index contributed by atoms with van der Waals surface area (Å²) in [6.07, 6.45) is 1.42. The molecule has 7 heteroatoms. The van der Waals surface area contributed by atoms with Crippen LogP contribution in [0.2, 0.25) is 0 Å². The summed E-state index contributed by atoms with van der Waals surface area (Å²) in [6.45, 7) is 4.19. The Morgan fingerprint density at radius 2 is 1.83 bits per heavy atom. The molecule has 0 radical (unpaired) electrons. The molecule has 152 valence electrons. The molecule has 2 aromatic heterocycles. The minimum atomic E-state index is -0.536. The average molecular weight is 403 g/mol. The van der Waals surface area contributed by atoms with Gasteiger partial charge >= 0.3 is 0 Å². The van der Waals surface area contributed by atoms with Crippen molar-refractivity contribution >= 4 is 28.6 Å². The van der Waals surface area contributed by atoms with E-state index in [1.165, 1.54) is 12.3 Å². The second-order valence-corrected chi connectivity index (χ2v) is 7.40. The Kier molecular flexibility index (Phi) is 5.18. The normalized spacial score (nSPS) is 11.1. The fourth-order valence-corrected chi connectivity index (χ4v) is 3.08. The molecule has 4 rings (SSSR count). The number of benzene rings is 2. The van der Waals surface area contributed by atoms with Crippen LogP contribution < -0.4 is 10.2 Å². The van der Waals surface area contributed by atoms with Crippen LogP contribution in [0.1, 0.15) is 24.2 Å². The lowest BCUT2D eigenvalue weighted by Gasteiger charge is -2.19. The Bertz CT molecular complexity index is 1200. The number of aromatic amines is 1. The molecule has 6 nitrogen and oxygen atoms in total. The highest BCUT2D eigenvalue weighted by atomic mass is 19.1. The fraction of sp³-hybridized carbons (Fsp3) is 0.174. The topological polar surface area (TPSA) is 73.9 Å². The largest absolute Gasteiger partial charge is 0.343 e. The van der Waals surface area contributed by atoms with Crippen molar-refractivity contribution in [3.63, 3.8) is 0 Å². The average Bonchev–Trinajstić information content (AvgIpc) is 3.16. The molecule has 0 spiro atoms. The Morgan fingerprint density at radius 1 is 1.07 bits per heavy atom. The molecule has 2 heterocycles. The van der Waals surface area contributed by atoms with Crippen molar-refractivity contribution in [1.29, 1.82) is 0 Å². The lowest BCUT2D eigenvalue weighted by Crippen LogP contribution is -2.26. The number of hydrogen-bond donors (Lipinski definition) is 2. The zero-order valence-electron chi connectivity index (χ0n) is 17.0. The molecule has 0 saturated carbocycles. The van der Waals surface area contributed by atoms with Crippen molar-refractivity contribution in [3.8, 4) is 11.1 Å². The van der Waals surface area contributed by atoms with Gasteiger partial charge in [-0.05, 0) is 61.4 Å². The van der Waals surface area contributed by atoms with Gasteiger partial charge in [-0.1, -0.05) is 12.1 Å². The molecular weight excluding hydrogens is 381 g/mol. The molecule has 0 aliphatic heterocycles. The van der Waals surface area contributed by atoms with Crippen molar-refractivity contribution in [2.45, 2.75) is 19.9 Å². The third-order valence-electron chi connectivity index (χ3n) is 5.04. The maximum Gasteiger partial charge on any atom is 0.255 e. The maximum absolute atomic E-state index is 13.3. The van der Waals surface area contributed by atoms with E-state index < -0.39 is 5.95 Å². The summed E-state index contributed by atoms with van der Waals surface area (Å²) >= 11 is 0. The van der Waals surface area contributed by atoms with Crippen molar-refractivity contribution in [1.82, 2.24) is 15.0 Å². The number of fused-ring (bicyclic) bond motifs is 1. The summed E-state index contributed by atoms with van der Waals surface area (Å²) in [6, 6.07) is 16.0. The smallest absolute Gasteiger partial charge is 0.255 e. The van der Waals surface area contributed by atoms with E-state index in [0.29, 0.717) is 22.9 Å². The van der Waals surface area contributed by atoms with Crippen LogP contribution in [0.4, 0.5) is 16.0 Å². The molecule has 0 atom stereocenters. The monoisotopic (exact) mass is 403 g/mol. The quantitative estimate of drug-likeness (QED) is 0.467. The van der Waals surface area contributed by atoms with Crippen LogP contribution in [0.25, 0.3) is 22.2 Å². The highest BCUT2D eigenvalue weighted by Gasteiger charge is 2.12. The van der Waals surface area contributed by atoms with Crippen molar-refractivity contribution in [3.05, 3.63) is 72.3 Å². The molecule has 1 amide bonds. The van der Waals surface area contributed by atoms with Crippen LogP contribution in [-0.2, 0) is 0 Å². The van der Waals surface area contributed by atoms with Crippen LogP contribution in [0.5, 0.6) is 0 Å². The van der Waals surface area contributed by atoms with E-state index >= 15 is 0 Å². The van der Waals surface area contributed by atoms with E-state index in [-0.39, 0.29) is 5.91 Å². The first-order valence-electron chi connectivity index (χ1n) is 9.66. The first-order chi connectivity index (χ1) is 14.4. The zero-order valence-corrected chi connectivity index (χ0v) is 17.0. The van der Waals surface area contributed by atoms with Gasteiger partial charge in [0.15, 0.2) is 0 Å². The van der Waals surface area contributed by atoms with Crippen molar-refractivity contribution in [2.75, 3.05) is 17.3 Å². The van der Waals surface area contributed by atoms with Gasteiger partial charge in [-0.3, -0.25) is 4.79 Å². The number of hydrogen-bond acceptors (Lipinski definition) is 4. The SMILES string of the molecule is CC(C)N(C)c1nc2ccc(NC(=O)c3ccc(-c4ccnc(F)c4)cc3)cc2[nH]1. The molecule has 0 saturated heterocycles. The van der Waals surface area contributed by atoms with Crippen LogP contribution >= 0.6 is 0 Å². The molecule has 2 aromatic carbocycles. The number of aromatic nitrogens is 3. The number of anilines is 2. The number of nitrogens with zero attached hydrogens (tertiary/aromatic N) is 3. The van der Waals surface area contributed by atoms with E-state index in [9.17, 15) is 9.18 Å². The summed E-state index contributed by atoms with van der Waals surface area (Å²) < 4.78 is 13.3. The van der Waals surface area contributed by atoms with E-state index in [0.717, 1.165) is 22.5 Å². The van der Waals surface area contributed by atoms with Gasteiger partial charge in [0.25, 0.3) is 5.91 Å². The second-order valence-electron chi connectivity index (χ2n) is 7.40. The number of amides is 1. The summed E-state index contributed by atoms with van der Waals surface area (Å²) in [4.78, 5) is 26.1. The van der Waals surface area contributed by atoms with Gasteiger partial charge in [0.05, 0.1) is 11.0 Å². The predicted molar refractivity (Wildman–Crippen MR) is 117 cm³/mol. The van der Waals surface area contributed by atoms with E-state index in [4.69, 9.17) is 0 Å². The summed E-state index contributed by atoms with van der Waals surface area (Å²) in [5, 5.41) is 2.91. The molecule has 0 bridgehead atoms. The zero-order chi connectivity index (χ0) is 21.3. The number of carbonyl (C=O) groups excluding carboxylic acids is 1. The molecule has 2 N–H and O–H groups in total. The van der Waals surface area contributed by atoms with Crippen LogP contribution in [0, 0.1) is 5.95 Å². The molecule has 0 aliphatic carbocycles. The molecular formula is C23H22FN5O. The first-order valence-corrected chi connectivity index (χ1v) is 9.66. The number of nitrogens with one attached hydrogen (secondary N) is 2.